The Morgan fingerprint density at radius 3 is 2.81 bits per heavy atom. The third-order valence-electron chi connectivity index (χ3n) is 4.18. The molecule has 0 atom stereocenters. The molecule has 1 fully saturated rings. The topological polar surface area (TPSA) is 63.3 Å². The first kappa shape index (κ1) is 12.8. The van der Waals surface area contributed by atoms with Crippen LogP contribution in [-0.4, -0.2) is 24.9 Å². The Balaban J connectivity index is 1.78. The monoisotopic (exact) mass is 300 g/mol. The van der Waals surface area contributed by atoms with Crippen molar-refractivity contribution in [2.24, 2.45) is 0 Å². The molecule has 0 radical (unpaired) electrons. The minimum atomic E-state index is 0.313. The van der Waals surface area contributed by atoms with E-state index in [2.05, 4.69) is 15.3 Å². The van der Waals surface area contributed by atoms with Crippen LogP contribution in [0.5, 0.6) is 5.75 Å². The quantitative estimate of drug-likeness (QED) is 0.786. The minimum Gasteiger partial charge on any atom is -0.508 e. The second kappa shape index (κ2) is 4.80. The number of hydrogen-bond donors (Lipinski definition) is 1. The van der Waals surface area contributed by atoms with Crippen molar-refractivity contribution in [3.05, 3.63) is 29.6 Å². The number of phenols is 1. The summed E-state index contributed by atoms with van der Waals surface area (Å²) >= 11 is 1.54. The predicted octanol–water partition coefficient (Wildman–Crippen LogP) is 3.52. The fourth-order valence-electron chi connectivity index (χ4n) is 2.98. The van der Waals surface area contributed by atoms with Crippen LogP contribution >= 0.6 is 11.3 Å². The average Bonchev–Trinajstić information content (AvgIpc) is 3.16. The zero-order valence-corrected chi connectivity index (χ0v) is 12.6. The van der Waals surface area contributed by atoms with Crippen molar-refractivity contribution in [2.45, 2.75) is 38.5 Å². The summed E-state index contributed by atoms with van der Waals surface area (Å²) in [4.78, 5) is 0.845. The van der Waals surface area contributed by atoms with Crippen LogP contribution in [0.3, 0.4) is 0 Å². The van der Waals surface area contributed by atoms with E-state index in [1.54, 1.807) is 17.4 Å². The highest BCUT2D eigenvalue weighted by molar-refractivity contribution is 7.19. The van der Waals surface area contributed by atoms with Gasteiger partial charge in [0, 0.05) is 11.5 Å². The van der Waals surface area contributed by atoms with Gasteiger partial charge in [0.05, 0.1) is 0 Å². The number of aromatic nitrogens is 4. The molecule has 2 heterocycles. The Morgan fingerprint density at radius 2 is 2.05 bits per heavy atom. The number of benzene rings is 1. The van der Waals surface area contributed by atoms with Crippen LogP contribution in [-0.2, 0) is 0 Å². The van der Waals surface area contributed by atoms with Gasteiger partial charge in [-0.2, -0.15) is 9.61 Å². The zero-order chi connectivity index (χ0) is 14.4. The normalized spacial score (nSPS) is 16.0. The van der Waals surface area contributed by atoms with E-state index in [4.69, 9.17) is 0 Å². The number of phenolic OH excluding ortho intramolecular Hbond substituents is 1. The van der Waals surface area contributed by atoms with Crippen molar-refractivity contribution in [1.29, 1.82) is 0 Å². The smallest absolute Gasteiger partial charge is 0.234 e. The van der Waals surface area contributed by atoms with Crippen molar-refractivity contribution in [3.63, 3.8) is 0 Å². The number of aromatic hydroxyl groups is 1. The molecule has 3 aromatic rings. The zero-order valence-electron chi connectivity index (χ0n) is 11.8. The molecule has 2 aromatic heterocycles. The summed E-state index contributed by atoms with van der Waals surface area (Å²) in [6.07, 6.45) is 4.92. The molecular weight excluding hydrogens is 284 g/mol. The van der Waals surface area contributed by atoms with Gasteiger partial charge in [-0.15, -0.1) is 10.2 Å². The molecule has 1 aliphatic carbocycles. The largest absolute Gasteiger partial charge is 0.508 e. The molecule has 108 valence electrons. The molecular formula is C15H16N4OS. The van der Waals surface area contributed by atoms with Gasteiger partial charge in [0.1, 0.15) is 10.8 Å². The van der Waals surface area contributed by atoms with Crippen LogP contribution in [0.2, 0.25) is 0 Å². The van der Waals surface area contributed by atoms with Crippen molar-refractivity contribution < 1.29 is 5.11 Å². The predicted molar refractivity (Wildman–Crippen MR) is 81.7 cm³/mol. The summed E-state index contributed by atoms with van der Waals surface area (Å²) in [6, 6.07) is 5.56. The van der Waals surface area contributed by atoms with E-state index in [0.29, 0.717) is 11.7 Å². The molecule has 5 nitrogen and oxygen atoms in total. The Kier molecular flexibility index (Phi) is 2.92. The van der Waals surface area contributed by atoms with Crippen molar-refractivity contribution in [3.8, 4) is 16.3 Å². The number of fused-ring (bicyclic) bond motifs is 1. The van der Waals surface area contributed by atoms with E-state index in [1.165, 1.54) is 25.7 Å². The number of nitrogens with zero attached hydrogens (tertiary/aromatic N) is 4. The van der Waals surface area contributed by atoms with E-state index in [9.17, 15) is 5.11 Å². The SMILES string of the molecule is Cc1cc(-c2nn3c(C4CCCC4)nnc3s2)ccc1O. The summed E-state index contributed by atoms with van der Waals surface area (Å²) in [6.45, 7) is 1.89. The van der Waals surface area contributed by atoms with Gasteiger partial charge in [0.2, 0.25) is 4.96 Å². The molecule has 0 spiro atoms. The van der Waals surface area contributed by atoms with Crippen molar-refractivity contribution >= 4 is 16.3 Å². The highest BCUT2D eigenvalue weighted by Gasteiger charge is 2.24. The van der Waals surface area contributed by atoms with Crippen LogP contribution in [0.15, 0.2) is 18.2 Å². The van der Waals surface area contributed by atoms with Gasteiger partial charge in [0.25, 0.3) is 0 Å². The molecule has 0 amide bonds. The number of rotatable bonds is 2. The molecule has 4 rings (SSSR count). The fraction of sp³-hybridized carbons (Fsp3) is 0.400. The molecule has 1 saturated carbocycles. The second-order valence-corrected chi connectivity index (χ2v) is 6.60. The lowest BCUT2D eigenvalue weighted by Gasteiger charge is -2.03. The lowest BCUT2D eigenvalue weighted by atomic mass is 10.1. The van der Waals surface area contributed by atoms with Gasteiger partial charge in [-0.25, -0.2) is 0 Å². The van der Waals surface area contributed by atoms with Crippen molar-refractivity contribution in [1.82, 2.24) is 19.8 Å². The molecule has 0 bridgehead atoms. The van der Waals surface area contributed by atoms with Gasteiger partial charge in [-0.05, 0) is 43.5 Å². The van der Waals surface area contributed by atoms with Gasteiger partial charge < -0.3 is 5.11 Å². The molecule has 1 aliphatic rings. The molecule has 0 saturated heterocycles. The van der Waals surface area contributed by atoms with Gasteiger partial charge in [-0.3, -0.25) is 0 Å². The van der Waals surface area contributed by atoms with Crippen LogP contribution in [0.4, 0.5) is 0 Å². The van der Waals surface area contributed by atoms with Crippen LogP contribution in [0.25, 0.3) is 15.5 Å². The lowest BCUT2D eigenvalue weighted by molar-refractivity contribution is 0.471. The summed E-state index contributed by atoms with van der Waals surface area (Å²) in [5.41, 5.74) is 1.87. The van der Waals surface area contributed by atoms with Crippen LogP contribution < -0.4 is 0 Å². The Labute approximate surface area is 126 Å². The summed E-state index contributed by atoms with van der Waals surface area (Å²) in [5.74, 6) is 1.81. The van der Waals surface area contributed by atoms with E-state index in [-0.39, 0.29) is 0 Å². The standard InChI is InChI=1S/C15H16N4OS/c1-9-8-11(6-7-12(9)20)14-18-19-13(10-4-2-3-5-10)16-17-15(19)21-14/h6-8,10,20H,2-5H2,1H3. The molecule has 21 heavy (non-hydrogen) atoms. The van der Waals surface area contributed by atoms with Crippen LogP contribution in [0, 0.1) is 6.92 Å². The Bertz CT molecular complexity index is 801. The van der Waals surface area contributed by atoms with E-state index < -0.39 is 0 Å². The maximum absolute atomic E-state index is 9.63. The molecule has 0 aliphatic heterocycles. The van der Waals surface area contributed by atoms with Gasteiger partial charge in [0.15, 0.2) is 5.82 Å². The molecule has 1 N–H and O–H groups in total. The second-order valence-electron chi connectivity index (χ2n) is 5.64. The number of hydrogen-bond acceptors (Lipinski definition) is 5. The third kappa shape index (κ3) is 2.10. The Hall–Kier alpha value is -1.95. The highest BCUT2D eigenvalue weighted by atomic mass is 32.1. The first-order valence-corrected chi connectivity index (χ1v) is 8.06. The summed E-state index contributed by atoms with van der Waals surface area (Å²) < 4.78 is 1.90. The summed E-state index contributed by atoms with van der Waals surface area (Å²) in [5, 5.41) is 23.8. The third-order valence-corrected chi connectivity index (χ3v) is 5.13. The van der Waals surface area contributed by atoms with Crippen LogP contribution in [0.1, 0.15) is 43.0 Å². The lowest BCUT2D eigenvalue weighted by Crippen LogP contribution is -2.01. The molecule has 1 aromatic carbocycles. The Morgan fingerprint density at radius 1 is 1.24 bits per heavy atom. The van der Waals surface area contributed by atoms with E-state index in [0.717, 1.165) is 26.9 Å². The van der Waals surface area contributed by atoms with Gasteiger partial charge in [-0.1, -0.05) is 24.2 Å². The first-order chi connectivity index (χ1) is 10.2. The maximum atomic E-state index is 9.63. The maximum Gasteiger partial charge on any atom is 0.234 e. The molecule has 6 heteroatoms. The average molecular weight is 300 g/mol. The fourth-order valence-corrected chi connectivity index (χ4v) is 3.82. The van der Waals surface area contributed by atoms with Gasteiger partial charge >= 0.3 is 0 Å². The highest BCUT2D eigenvalue weighted by Crippen LogP contribution is 2.35. The summed E-state index contributed by atoms with van der Waals surface area (Å²) in [7, 11) is 0. The van der Waals surface area contributed by atoms with Crippen molar-refractivity contribution in [2.75, 3.05) is 0 Å². The molecule has 0 unspecified atom stereocenters. The number of aryl methyl sites for hydroxylation is 1. The minimum absolute atomic E-state index is 0.313. The first-order valence-electron chi connectivity index (χ1n) is 7.24. The van der Waals surface area contributed by atoms with E-state index in [1.807, 2.05) is 23.6 Å². The van der Waals surface area contributed by atoms with E-state index >= 15 is 0 Å².